The zero-order valence-electron chi connectivity index (χ0n) is 14.3. The van der Waals surface area contributed by atoms with Crippen molar-refractivity contribution in [2.45, 2.75) is 20.0 Å². The van der Waals surface area contributed by atoms with Gasteiger partial charge in [0.25, 0.3) is 0 Å². The van der Waals surface area contributed by atoms with Gasteiger partial charge in [0.05, 0.1) is 13.7 Å². The molecule has 0 spiro atoms. The van der Waals surface area contributed by atoms with Gasteiger partial charge in [0, 0.05) is 23.7 Å². The van der Waals surface area contributed by atoms with Crippen LogP contribution in [0, 0.1) is 0 Å². The van der Waals surface area contributed by atoms with Crippen LogP contribution in [0.4, 0.5) is 0 Å². The van der Waals surface area contributed by atoms with Gasteiger partial charge in [-0.25, -0.2) is 4.99 Å². The summed E-state index contributed by atoms with van der Waals surface area (Å²) in [6, 6.07) is 13.0. The lowest BCUT2D eigenvalue weighted by Gasteiger charge is -2.13. The summed E-state index contributed by atoms with van der Waals surface area (Å²) < 4.78 is 5.12. The smallest absolute Gasteiger partial charge is 0.191 e. The highest BCUT2D eigenvalue weighted by molar-refractivity contribution is 14.0. The number of hydrogen-bond acceptors (Lipinski definition) is 3. The quantitative estimate of drug-likeness (QED) is 0.336. The van der Waals surface area contributed by atoms with Crippen molar-refractivity contribution in [2.75, 3.05) is 13.7 Å². The Kier molecular flexibility index (Phi) is 9.44. The predicted molar refractivity (Wildman–Crippen MR) is 113 cm³/mol. The van der Waals surface area contributed by atoms with Crippen molar-refractivity contribution >= 4 is 41.5 Å². The monoisotopic (exact) mass is 475 g/mol. The lowest BCUT2D eigenvalue weighted by molar-refractivity contribution is 0.370. The predicted octanol–water partition coefficient (Wildman–Crippen LogP) is 3.93. The van der Waals surface area contributed by atoms with Crippen LogP contribution in [0.25, 0.3) is 0 Å². The van der Waals surface area contributed by atoms with Crippen LogP contribution in [0.2, 0.25) is 5.02 Å². The van der Waals surface area contributed by atoms with E-state index in [4.69, 9.17) is 16.3 Å². The number of rotatable bonds is 6. The fourth-order valence-electron chi connectivity index (χ4n) is 2.20. The third-order valence-electron chi connectivity index (χ3n) is 3.40. The second-order valence-electron chi connectivity index (χ2n) is 5.15. The molecule has 0 radical (unpaired) electrons. The summed E-state index contributed by atoms with van der Waals surface area (Å²) in [6.45, 7) is 3.69. The maximum absolute atomic E-state index is 10.1. The highest BCUT2D eigenvalue weighted by Gasteiger charge is 2.07. The molecule has 2 aromatic rings. The van der Waals surface area contributed by atoms with Gasteiger partial charge in [-0.1, -0.05) is 35.9 Å². The molecule has 3 N–H and O–H groups in total. The first-order valence-electron chi connectivity index (χ1n) is 7.75. The molecule has 2 aromatic carbocycles. The number of hydrogen-bond donors (Lipinski definition) is 3. The average molecular weight is 476 g/mol. The first-order chi connectivity index (χ1) is 11.6. The molecule has 0 amide bonds. The highest BCUT2D eigenvalue weighted by Crippen LogP contribution is 2.29. The molecule has 7 heteroatoms. The van der Waals surface area contributed by atoms with E-state index in [1.165, 1.54) is 7.11 Å². The molecule has 0 aliphatic rings. The van der Waals surface area contributed by atoms with Crippen LogP contribution in [0.1, 0.15) is 18.1 Å². The van der Waals surface area contributed by atoms with Gasteiger partial charge in [0.15, 0.2) is 17.5 Å². The van der Waals surface area contributed by atoms with E-state index in [1.54, 1.807) is 6.07 Å². The number of phenolic OH excluding ortho intramolecular Hbond substituents is 1. The molecule has 0 fully saturated rings. The Morgan fingerprint density at radius 2 is 1.96 bits per heavy atom. The van der Waals surface area contributed by atoms with Crippen LogP contribution in [0.3, 0.4) is 0 Å². The van der Waals surface area contributed by atoms with Crippen LogP contribution in [-0.2, 0) is 13.1 Å². The lowest BCUT2D eigenvalue weighted by Crippen LogP contribution is -2.36. The van der Waals surface area contributed by atoms with Gasteiger partial charge in [0.1, 0.15) is 0 Å². The van der Waals surface area contributed by atoms with Crippen molar-refractivity contribution in [3.63, 3.8) is 0 Å². The zero-order chi connectivity index (χ0) is 17.4. The van der Waals surface area contributed by atoms with E-state index in [1.807, 2.05) is 43.3 Å². The molecule has 0 bridgehead atoms. The van der Waals surface area contributed by atoms with Gasteiger partial charge < -0.3 is 20.5 Å². The van der Waals surface area contributed by atoms with Crippen LogP contribution in [0.5, 0.6) is 11.5 Å². The molecule has 0 saturated carbocycles. The van der Waals surface area contributed by atoms with Crippen LogP contribution in [-0.4, -0.2) is 24.7 Å². The summed E-state index contributed by atoms with van der Waals surface area (Å²) >= 11 is 5.99. The van der Waals surface area contributed by atoms with Crippen molar-refractivity contribution in [1.82, 2.24) is 10.6 Å². The SMILES string of the molecule is CCNC(=NCc1cccc(Cl)c1)NCc1cccc(OC)c1O.I. The number of nitrogens with one attached hydrogen (secondary N) is 2. The fraction of sp³-hybridized carbons (Fsp3) is 0.278. The molecule has 0 aliphatic carbocycles. The molecular formula is C18H23ClIN3O2. The zero-order valence-corrected chi connectivity index (χ0v) is 17.3. The van der Waals surface area contributed by atoms with E-state index in [0.29, 0.717) is 29.8 Å². The minimum Gasteiger partial charge on any atom is -0.504 e. The number of benzene rings is 2. The Morgan fingerprint density at radius 3 is 2.64 bits per heavy atom. The van der Waals surface area contributed by atoms with Gasteiger partial charge in [-0.15, -0.1) is 24.0 Å². The Hall–Kier alpha value is -1.67. The number of para-hydroxylation sites is 1. The van der Waals surface area contributed by atoms with Crippen molar-refractivity contribution in [3.05, 3.63) is 58.6 Å². The Labute approximate surface area is 170 Å². The van der Waals surface area contributed by atoms with Gasteiger partial charge in [-0.3, -0.25) is 0 Å². The number of aliphatic imine (C=N–C) groups is 1. The molecule has 0 saturated heterocycles. The van der Waals surface area contributed by atoms with Crippen LogP contribution in [0.15, 0.2) is 47.5 Å². The summed E-state index contributed by atoms with van der Waals surface area (Å²) in [5.41, 5.74) is 1.77. The van der Waals surface area contributed by atoms with E-state index in [0.717, 1.165) is 17.7 Å². The van der Waals surface area contributed by atoms with Crippen molar-refractivity contribution in [1.29, 1.82) is 0 Å². The Morgan fingerprint density at radius 1 is 1.20 bits per heavy atom. The van der Waals surface area contributed by atoms with E-state index in [2.05, 4.69) is 15.6 Å². The molecule has 0 aromatic heterocycles. The summed E-state index contributed by atoms with van der Waals surface area (Å²) in [6.07, 6.45) is 0. The van der Waals surface area contributed by atoms with Crippen LogP contribution >= 0.6 is 35.6 Å². The number of methoxy groups -OCH3 is 1. The highest BCUT2D eigenvalue weighted by atomic mass is 127. The third kappa shape index (κ3) is 6.62. The number of ether oxygens (including phenoxy) is 1. The second-order valence-corrected chi connectivity index (χ2v) is 5.58. The Bertz CT molecular complexity index is 710. The van der Waals surface area contributed by atoms with E-state index in [-0.39, 0.29) is 29.7 Å². The van der Waals surface area contributed by atoms with Gasteiger partial charge in [-0.05, 0) is 30.7 Å². The van der Waals surface area contributed by atoms with Gasteiger partial charge >= 0.3 is 0 Å². The minimum absolute atomic E-state index is 0. The largest absolute Gasteiger partial charge is 0.504 e. The minimum atomic E-state index is 0. The number of guanidine groups is 1. The maximum Gasteiger partial charge on any atom is 0.191 e. The first kappa shape index (κ1) is 21.4. The summed E-state index contributed by atoms with van der Waals surface area (Å²) in [7, 11) is 1.53. The maximum atomic E-state index is 10.1. The number of phenols is 1. The molecule has 0 atom stereocenters. The molecular weight excluding hydrogens is 453 g/mol. The molecule has 2 rings (SSSR count). The normalized spacial score (nSPS) is 10.8. The molecule has 136 valence electrons. The fourth-order valence-corrected chi connectivity index (χ4v) is 2.41. The second kappa shape index (κ2) is 11.0. The Balaban J connectivity index is 0.00000312. The van der Waals surface area contributed by atoms with E-state index in [9.17, 15) is 5.11 Å². The van der Waals surface area contributed by atoms with Gasteiger partial charge in [-0.2, -0.15) is 0 Å². The topological polar surface area (TPSA) is 65.9 Å². The van der Waals surface area contributed by atoms with Crippen molar-refractivity contribution in [3.8, 4) is 11.5 Å². The van der Waals surface area contributed by atoms with E-state index < -0.39 is 0 Å². The number of halogens is 2. The first-order valence-corrected chi connectivity index (χ1v) is 8.13. The average Bonchev–Trinajstić information content (AvgIpc) is 2.58. The summed E-state index contributed by atoms with van der Waals surface area (Å²) in [5.74, 6) is 1.26. The van der Waals surface area contributed by atoms with Crippen molar-refractivity contribution < 1.29 is 9.84 Å². The van der Waals surface area contributed by atoms with Crippen LogP contribution < -0.4 is 15.4 Å². The standard InChI is InChI=1S/C18H22ClN3O2.HI/c1-3-20-18(21-11-13-6-4-8-15(19)10-13)22-12-14-7-5-9-16(24-2)17(14)23;/h4-10,23H,3,11-12H2,1-2H3,(H2,20,21,22);1H. The molecule has 0 aliphatic heterocycles. The molecule has 5 nitrogen and oxygen atoms in total. The molecule has 25 heavy (non-hydrogen) atoms. The number of aromatic hydroxyl groups is 1. The summed E-state index contributed by atoms with van der Waals surface area (Å²) in [4.78, 5) is 4.54. The molecule has 0 heterocycles. The summed E-state index contributed by atoms with van der Waals surface area (Å²) in [5, 5.41) is 17.2. The number of nitrogens with zero attached hydrogens (tertiary/aromatic N) is 1. The van der Waals surface area contributed by atoms with E-state index >= 15 is 0 Å². The lowest BCUT2D eigenvalue weighted by atomic mass is 10.2. The van der Waals surface area contributed by atoms with Crippen molar-refractivity contribution in [2.24, 2.45) is 4.99 Å². The van der Waals surface area contributed by atoms with Gasteiger partial charge in [0.2, 0.25) is 0 Å². The molecule has 0 unspecified atom stereocenters. The third-order valence-corrected chi connectivity index (χ3v) is 3.64.